The summed E-state index contributed by atoms with van der Waals surface area (Å²) in [6.45, 7) is 1.96. The van der Waals surface area contributed by atoms with Crippen molar-refractivity contribution in [1.82, 2.24) is 14.4 Å². The molecule has 0 aliphatic rings. The minimum atomic E-state index is -0.558. The minimum Gasteiger partial charge on any atom is -0.460 e. The molecule has 1 aromatic carbocycles. The van der Waals surface area contributed by atoms with Crippen LogP contribution in [0.25, 0.3) is 28.4 Å². The van der Waals surface area contributed by atoms with Crippen LogP contribution in [-0.4, -0.2) is 26.9 Å². The van der Waals surface area contributed by atoms with Crippen LogP contribution in [0.2, 0.25) is 0 Å². The quantitative estimate of drug-likeness (QED) is 0.555. The molecule has 0 unspecified atom stereocenters. The molecule has 3 aromatic heterocycles. The Morgan fingerprint density at radius 2 is 2.04 bits per heavy atom. The van der Waals surface area contributed by atoms with Crippen LogP contribution in [0.15, 0.2) is 53.2 Å². The van der Waals surface area contributed by atoms with E-state index in [9.17, 15) is 9.18 Å². The summed E-state index contributed by atoms with van der Waals surface area (Å²) in [6.07, 6.45) is 3.29. The first-order valence-electron chi connectivity index (χ1n) is 8.24. The molecule has 0 spiro atoms. The molecular formula is C19H15FN4O3. The predicted molar refractivity (Wildman–Crippen MR) is 96.5 cm³/mol. The minimum absolute atomic E-state index is 0.0713. The van der Waals surface area contributed by atoms with Gasteiger partial charge in [0.15, 0.2) is 17.2 Å². The molecule has 0 atom stereocenters. The van der Waals surface area contributed by atoms with Crippen molar-refractivity contribution in [2.45, 2.75) is 6.92 Å². The lowest BCUT2D eigenvalue weighted by atomic mass is 10.1. The zero-order chi connectivity index (χ0) is 19.0. The van der Waals surface area contributed by atoms with Crippen LogP contribution in [0.1, 0.15) is 17.5 Å². The van der Waals surface area contributed by atoms with Gasteiger partial charge < -0.3 is 14.9 Å². The molecule has 0 aliphatic carbocycles. The van der Waals surface area contributed by atoms with E-state index in [1.165, 1.54) is 18.2 Å². The van der Waals surface area contributed by atoms with Crippen molar-refractivity contribution in [3.05, 3.63) is 60.4 Å². The van der Waals surface area contributed by atoms with Crippen molar-refractivity contribution in [2.75, 3.05) is 12.3 Å². The number of nitrogen functional groups attached to an aromatic ring is 1. The molecule has 0 radical (unpaired) electrons. The van der Waals surface area contributed by atoms with Crippen molar-refractivity contribution in [2.24, 2.45) is 0 Å². The third-order valence-corrected chi connectivity index (χ3v) is 4.00. The maximum atomic E-state index is 13.3. The SMILES string of the molecule is CCOC(=O)c1ccc(-c2c(-c3ccc(F)cc3)nc(N)c3nccn23)o1. The smallest absolute Gasteiger partial charge is 0.374 e. The number of carbonyl (C=O) groups excluding carboxylic acids is 1. The fourth-order valence-electron chi connectivity index (χ4n) is 2.83. The first-order valence-corrected chi connectivity index (χ1v) is 8.24. The summed E-state index contributed by atoms with van der Waals surface area (Å²) in [5, 5.41) is 0. The predicted octanol–water partition coefficient (Wildman–Crippen LogP) is 3.55. The first-order chi connectivity index (χ1) is 13.1. The monoisotopic (exact) mass is 366 g/mol. The number of imidazole rings is 1. The zero-order valence-corrected chi connectivity index (χ0v) is 14.3. The molecule has 8 heteroatoms. The Kier molecular flexibility index (Phi) is 4.08. The topological polar surface area (TPSA) is 95.6 Å². The highest BCUT2D eigenvalue weighted by atomic mass is 19.1. The van der Waals surface area contributed by atoms with Gasteiger partial charge in [0, 0.05) is 18.0 Å². The maximum Gasteiger partial charge on any atom is 0.374 e. The van der Waals surface area contributed by atoms with Crippen LogP contribution in [0.4, 0.5) is 10.2 Å². The highest BCUT2D eigenvalue weighted by Crippen LogP contribution is 2.34. The van der Waals surface area contributed by atoms with E-state index in [0.717, 1.165) is 0 Å². The lowest BCUT2D eigenvalue weighted by Crippen LogP contribution is -2.04. The van der Waals surface area contributed by atoms with Crippen LogP contribution < -0.4 is 5.73 Å². The molecule has 3 heterocycles. The number of benzene rings is 1. The van der Waals surface area contributed by atoms with E-state index < -0.39 is 5.97 Å². The molecule has 0 fully saturated rings. The summed E-state index contributed by atoms with van der Waals surface area (Å²) < 4.78 is 25.7. The number of halogens is 1. The highest BCUT2D eigenvalue weighted by Gasteiger charge is 2.21. The molecule has 0 amide bonds. The van der Waals surface area contributed by atoms with Crippen LogP contribution in [0.3, 0.4) is 0 Å². The number of ether oxygens (including phenoxy) is 1. The number of fused-ring (bicyclic) bond motifs is 1. The summed E-state index contributed by atoms with van der Waals surface area (Å²) in [6, 6.07) is 9.03. The second-order valence-corrected chi connectivity index (χ2v) is 5.71. The van der Waals surface area contributed by atoms with E-state index in [2.05, 4.69) is 9.97 Å². The molecule has 0 saturated carbocycles. The highest BCUT2D eigenvalue weighted by molar-refractivity contribution is 5.88. The van der Waals surface area contributed by atoms with Crippen LogP contribution >= 0.6 is 0 Å². The van der Waals surface area contributed by atoms with Crippen molar-refractivity contribution in [3.63, 3.8) is 0 Å². The van der Waals surface area contributed by atoms with Crippen molar-refractivity contribution in [1.29, 1.82) is 0 Å². The number of esters is 1. The van der Waals surface area contributed by atoms with Crippen LogP contribution in [0, 0.1) is 5.82 Å². The van der Waals surface area contributed by atoms with Crippen LogP contribution in [0.5, 0.6) is 0 Å². The summed E-state index contributed by atoms with van der Waals surface area (Å²) in [7, 11) is 0. The third-order valence-electron chi connectivity index (χ3n) is 4.00. The molecule has 7 nitrogen and oxygen atoms in total. The lowest BCUT2D eigenvalue weighted by molar-refractivity contribution is 0.0491. The number of rotatable bonds is 4. The molecule has 0 aliphatic heterocycles. The number of anilines is 1. The average Bonchev–Trinajstić information content (AvgIpc) is 3.32. The van der Waals surface area contributed by atoms with Crippen molar-refractivity contribution in [3.8, 4) is 22.7 Å². The molecule has 0 saturated heterocycles. The number of carbonyl (C=O) groups is 1. The van der Waals surface area contributed by atoms with E-state index in [1.807, 2.05) is 0 Å². The molecular weight excluding hydrogens is 351 g/mol. The second kappa shape index (κ2) is 6.56. The van der Waals surface area contributed by atoms with Gasteiger partial charge in [-0.05, 0) is 43.3 Å². The molecule has 4 aromatic rings. The summed E-state index contributed by atoms with van der Waals surface area (Å²) >= 11 is 0. The zero-order valence-electron chi connectivity index (χ0n) is 14.3. The Hall–Kier alpha value is -3.68. The fraction of sp³-hybridized carbons (Fsp3) is 0.105. The number of nitrogens with two attached hydrogens (primary N) is 1. The Bertz CT molecular complexity index is 1130. The van der Waals surface area contributed by atoms with E-state index in [0.29, 0.717) is 28.4 Å². The Balaban J connectivity index is 1.94. The van der Waals surface area contributed by atoms with Crippen molar-refractivity contribution < 1.29 is 18.3 Å². The summed E-state index contributed by atoms with van der Waals surface area (Å²) in [5.74, 6) is -0.243. The van der Waals surface area contributed by atoms with Crippen LogP contribution in [-0.2, 0) is 4.74 Å². The maximum absolute atomic E-state index is 13.3. The number of hydrogen-bond acceptors (Lipinski definition) is 6. The van der Waals surface area contributed by atoms with Gasteiger partial charge in [0.05, 0.1) is 6.61 Å². The van der Waals surface area contributed by atoms with Gasteiger partial charge in [0.25, 0.3) is 0 Å². The number of aromatic nitrogens is 3. The Morgan fingerprint density at radius 3 is 2.78 bits per heavy atom. The van der Waals surface area contributed by atoms with Gasteiger partial charge in [-0.1, -0.05) is 0 Å². The molecule has 2 N–H and O–H groups in total. The van der Waals surface area contributed by atoms with Gasteiger partial charge in [0.2, 0.25) is 5.76 Å². The second-order valence-electron chi connectivity index (χ2n) is 5.71. The van der Waals surface area contributed by atoms with Gasteiger partial charge in [-0.25, -0.2) is 19.2 Å². The van der Waals surface area contributed by atoms with Gasteiger partial charge in [0.1, 0.15) is 17.2 Å². The molecule has 27 heavy (non-hydrogen) atoms. The standard InChI is InChI=1S/C19H15FN4O3/c1-2-26-19(25)14-8-7-13(27-14)16-15(11-3-5-12(20)6-4-11)23-17(21)18-22-9-10-24(16)18/h3-10H,2H2,1H3,(H2,21,23). The molecule has 4 rings (SSSR count). The number of nitrogens with zero attached hydrogens (tertiary/aromatic N) is 3. The third kappa shape index (κ3) is 2.91. The van der Waals surface area contributed by atoms with Crippen molar-refractivity contribution >= 4 is 17.4 Å². The summed E-state index contributed by atoms with van der Waals surface area (Å²) in [5.41, 5.74) is 8.14. The molecule has 0 bridgehead atoms. The molecule has 136 valence electrons. The lowest BCUT2D eigenvalue weighted by Gasteiger charge is -2.11. The van der Waals surface area contributed by atoms with Gasteiger partial charge >= 0.3 is 5.97 Å². The first kappa shape index (κ1) is 16.8. The number of furan rings is 1. The van der Waals surface area contributed by atoms with E-state index >= 15 is 0 Å². The normalized spacial score (nSPS) is 11.0. The largest absolute Gasteiger partial charge is 0.460 e. The summed E-state index contributed by atoms with van der Waals surface area (Å²) in [4.78, 5) is 20.6. The van der Waals surface area contributed by atoms with E-state index in [-0.39, 0.29) is 24.0 Å². The van der Waals surface area contributed by atoms with Gasteiger partial charge in [-0.3, -0.25) is 4.40 Å². The Morgan fingerprint density at radius 1 is 1.26 bits per heavy atom. The van der Waals surface area contributed by atoms with Gasteiger partial charge in [-0.2, -0.15) is 0 Å². The number of hydrogen-bond donors (Lipinski definition) is 1. The Labute approximate surface area is 153 Å². The van der Waals surface area contributed by atoms with Gasteiger partial charge in [-0.15, -0.1) is 0 Å². The van der Waals surface area contributed by atoms with E-state index in [1.54, 1.807) is 41.9 Å². The fourth-order valence-corrected chi connectivity index (χ4v) is 2.83. The van der Waals surface area contributed by atoms with E-state index in [4.69, 9.17) is 14.9 Å². The average molecular weight is 366 g/mol.